The first-order valence-electron chi connectivity index (χ1n) is 6.25. The van der Waals surface area contributed by atoms with Gasteiger partial charge in [-0.2, -0.15) is 0 Å². The van der Waals surface area contributed by atoms with Crippen molar-refractivity contribution in [3.63, 3.8) is 0 Å². The molecule has 100 valence electrons. The van der Waals surface area contributed by atoms with Gasteiger partial charge in [0.15, 0.2) is 0 Å². The summed E-state index contributed by atoms with van der Waals surface area (Å²) in [6.45, 7) is 7.16. The molecule has 0 amide bonds. The third-order valence-electron chi connectivity index (χ3n) is 2.90. The van der Waals surface area contributed by atoms with Gasteiger partial charge in [-0.05, 0) is 24.7 Å². The molecule has 1 rings (SSSR count). The standard InChI is InChI=1S/C15H22FNO/c1-15(2,3)14(18)8-9-17(4)11-12-6-5-7-13(16)10-12/h5-7,10H,8-9,11H2,1-4H3. The third-order valence-corrected chi connectivity index (χ3v) is 2.90. The number of hydrogen-bond donors (Lipinski definition) is 0. The zero-order valence-corrected chi connectivity index (χ0v) is 11.7. The lowest BCUT2D eigenvalue weighted by Crippen LogP contribution is -2.27. The Hall–Kier alpha value is -1.22. The number of rotatable bonds is 5. The number of carbonyl (C=O) groups excluding carboxylic acids is 1. The van der Waals surface area contributed by atoms with Gasteiger partial charge in [0, 0.05) is 24.9 Å². The molecule has 1 aromatic rings. The van der Waals surface area contributed by atoms with E-state index in [2.05, 4.69) is 0 Å². The van der Waals surface area contributed by atoms with Gasteiger partial charge < -0.3 is 4.90 Å². The van der Waals surface area contributed by atoms with E-state index in [-0.39, 0.29) is 17.0 Å². The Balaban J connectivity index is 2.43. The van der Waals surface area contributed by atoms with Crippen molar-refractivity contribution in [2.75, 3.05) is 13.6 Å². The van der Waals surface area contributed by atoms with E-state index in [1.165, 1.54) is 12.1 Å². The van der Waals surface area contributed by atoms with Crippen LogP contribution in [0.25, 0.3) is 0 Å². The zero-order chi connectivity index (χ0) is 13.8. The van der Waals surface area contributed by atoms with Crippen molar-refractivity contribution < 1.29 is 9.18 Å². The van der Waals surface area contributed by atoms with Gasteiger partial charge in [-0.25, -0.2) is 4.39 Å². The maximum Gasteiger partial charge on any atom is 0.139 e. The van der Waals surface area contributed by atoms with Gasteiger partial charge in [-0.1, -0.05) is 32.9 Å². The molecule has 0 aliphatic heterocycles. The first-order valence-corrected chi connectivity index (χ1v) is 6.25. The summed E-state index contributed by atoms with van der Waals surface area (Å²) < 4.78 is 13.0. The second-order valence-corrected chi connectivity index (χ2v) is 5.79. The maximum atomic E-state index is 13.0. The van der Waals surface area contributed by atoms with E-state index >= 15 is 0 Å². The first kappa shape index (κ1) is 14.8. The van der Waals surface area contributed by atoms with Gasteiger partial charge in [-0.15, -0.1) is 0 Å². The smallest absolute Gasteiger partial charge is 0.139 e. The minimum Gasteiger partial charge on any atom is -0.302 e. The van der Waals surface area contributed by atoms with Crippen LogP contribution >= 0.6 is 0 Å². The largest absolute Gasteiger partial charge is 0.302 e. The lowest BCUT2D eigenvalue weighted by Gasteiger charge is -2.20. The van der Waals surface area contributed by atoms with Crippen LogP contribution in [0.4, 0.5) is 4.39 Å². The molecule has 0 radical (unpaired) electrons. The molecule has 1 aromatic carbocycles. The van der Waals surface area contributed by atoms with E-state index in [1.807, 2.05) is 38.8 Å². The number of Topliss-reactive ketones (excluding diaryl/α,β-unsaturated/α-hetero) is 1. The predicted molar refractivity (Wildman–Crippen MR) is 71.8 cm³/mol. The molecular weight excluding hydrogens is 229 g/mol. The second kappa shape index (κ2) is 6.10. The Morgan fingerprint density at radius 3 is 2.56 bits per heavy atom. The minimum atomic E-state index is -0.278. The van der Waals surface area contributed by atoms with Crippen LogP contribution in [-0.4, -0.2) is 24.3 Å². The Bertz CT molecular complexity index is 409. The lowest BCUT2D eigenvalue weighted by atomic mass is 9.89. The van der Waals surface area contributed by atoms with Gasteiger partial charge in [0.2, 0.25) is 0 Å². The van der Waals surface area contributed by atoms with E-state index in [0.29, 0.717) is 19.5 Å². The Morgan fingerprint density at radius 1 is 1.33 bits per heavy atom. The van der Waals surface area contributed by atoms with Crippen LogP contribution in [0.5, 0.6) is 0 Å². The summed E-state index contributed by atoms with van der Waals surface area (Å²) in [6.07, 6.45) is 0.537. The van der Waals surface area contributed by atoms with Gasteiger partial charge in [0.1, 0.15) is 11.6 Å². The van der Waals surface area contributed by atoms with E-state index in [0.717, 1.165) is 5.56 Å². The summed E-state index contributed by atoms with van der Waals surface area (Å²) >= 11 is 0. The Labute approximate surface area is 109 Å². The number of carbonyl (C=O) groups is 1. The second-order valence-electron chi connectivity index (χ2n) is 5.79. The SMILES string of the molecule is CN(CCC(=O)C(C)(C)C)Cc1cccc(F)c1. The summed E-state index contributed by atoms with van der Waals surface area (Å²) in [4.78, 5) is 13.8. The minimum absolute atomic E-state index is 0.216. The third kappa shape index (κ3) is 4.96. The summed E-state index contributed by atoms with van der Waals surface area (Å²) in [5.74, 6) is 0.0419. The average Bonchev–Trinajstić information content (AvgIpc) is 2.24. The van der Waals surface area contributed by atoms with E-state index in [1.54, 1.807) is 6.07 Å². The highest BCUT2D eigenvalue weighted by atomic mass is 19.1. The topological polar surface area (TPSA) is 20.3 Å². The molecule has 18 heavy (non-hydrogen) atoms. The van der Waals surface area contributed by atoms with Crippen LogP contribution in [0.15, 0.2) is 24.3 Å². The molecule has 0 bridgehead atoms. The Kier molecular flexibility index (Phi) is 5.03. The van der Waals surface area contributed by atoms with Crippen LogP contribution in [0.2, 0.25) is 0 Å². The molecule has 0 saturated carbocycles. The molecule has 0 aromatic heterocycles. The summed E-state index contributed by atoms with van der Waals surface area (Å²) in [7, 11) is 1.95. The molecule has 2 nitrogen and oxygen atoms in total. The van der Waals surface area contributed by atoms with Crippen molar-refractivity contribution in [3.8, 4) is 0 Å². The lowest BCUT2D eigenvalue weighted by molar-refractivity contribution is -0.126. The van der Waals surface area contributed by atoms with Crippen molar-refractivity contribution in [1.82, 2.24) is 4.90 Å². The van der Waals surface area contributed by atoms with Crippen molar-refractivity contribution in [2.24, 2.45) is 5.41 Å². The average molecular weight is 251 g/mol. The van der Waals surface area contributed by atoms with Crippen molar-refractivity contribution in [1.29, 1.82) is 0 Å². The van der Waals surface area contributed by atoms with Crippen molar-refractivity contribution in [2.45, 2.75) is 33.7 Å². The molecule has 0 saturated heterocycles. The number of benzene rings is 1. The predicted octanol–water partition coefficient (Wildman–Crippen LogP) is 3.26. The summed E-state index contributed by atoms with van der Waals surface area (Å²) in [5, 5.41) is 0. The van der Waals surface area contributed by atoms with Crippen molar-refractivity contribution >= 4 is 5.78 Å². The first-order chi connectivity index (χ1) is 8.29. The van der Waals surface area contributed by atoms with Gasteiger partial charge in [-0.3, -0.25) is 4.79 Å². The fourth-order valence-electron chi connectivity index (χ4n) is 1.69. The number of halogens is 1. The fraction of sp³-hybridized carbons (Fsp3) is 0.533. The molecule has 0 spiro atoms. The molecule has 0 unspecified atom stereocenters. The Morgan fingerprint density at radius 2 is 2.00 bits per heavy atom. The quantitative estimate of drug-likeness (QED) is 0.800. The summed E-state index contributed by atoms with van der Waals surface area (Å²) in [6, 6.07) is 6.57. The highest BCUT2D eigenvalue weighted by Crippen LogP contribution is 2.17. The van der Waals surface area contributed by atoms with E-state index in [9.17, 15) is 9.18 Å². The fourth-order valence-corrected chi connectivity index (χ4v) is 1.69. The van der Waals surface area contributed by atoms with Gasteiger partial charge >= 0.3 is 0 Å². The number of hydrogen-bond acceptors (Lipinski definition) is 2. The maximum absolute atomic E-state index is 13.0. The molecule has 0 aliphatic rings. The van der Waals surface area contributed by atoms with E-state index in [4.69, 9.17) is 0 Å². The molecular formula is C15H22FNO. The highest BCUT2D eigenvalue weighted by Gasteiger charge is 2.20. The van der Waals surface area contributed by atoms with Gasteiger partial charge in [0.25, 0.3) is 0 Å². The van der Waals surface area contributed by atoms with Crippen LogP contribution in [0.3, 0.4) is 0 Å². The summed E-state index contributed by atoms with van der Waals surface area (Å²) in [5.41, 5.74) is 0.653. The molecule has 0 fully saturated rings. The molecule has 0 aliphatic carbocycles. The van der Waals surface area contributed by atoms with E-state index < -0.39 is 0 Å². The highest BCUT2D eigenvalue weighted by molar-refractivity contribution is 5.83. The van der Waals surface area contributed by atoms with Crippen LogP contribution in [0, 0.1) is 11.2 Å². The van der Waals surface area contributed by atoms with Crippen molar-refractivity contribution in [3.05, 3.63) is 35.6 Å². The zero-order valence-electron chi connectivity index (χ0n) is 11.7. The van der Waals surface area contributed by atoms with Crippen LogP contribution in [0.1, 0.15) is 32.8 Å². The molecule has 0 heterocycles. The number of nitrogens with zero attached hydrogens (tertiary/aromatic N) is 1. The normalized spacial score (nSPS) is 11.9. The molecule has 0 N–H and O–H groups in total. The monoisotopic (exact) mass is 251 g/mol. The van der Waals surface area contributed by atoms with Gasteiger partial charge in [0.05, 0.1) is 0 Å². The van der Waals surface area contributed by atoms with Crippen LogP contribution in [-0.2, 0) is 11.3 Å². The number of ketones is 1. The van der Waals surface area contributed by atoms with Crippen LogP contribution < -0.4 is 0 Å². The molecule has 0 atom stereocenters. The molecule has 3 heteroatoms.